The molecule has 11 heteroatoms. The van der Waals surface area contributed by atoms with Crippen molar-refractivity contribution in [2.45, 2.75) is 23.8 Å². The average molecular weight is 475 g/mol. The first-order valence-electron chi connectivity index (χ1n) is 10.4. The van der Waals surface area contributed by atoms with Gasteiger partial charge in [0.2, 0.25) is 15.9 Å². The summed E-state index contributed by atoms with van der Waals surface area (Å²) in [5.74, 6) is 0.733. The molecule has 0 spiro atoms. The highest BCUT2D eigenvalue weighted by atomic mass is 32.2. The Morgan fingerprint density at radius 2 is 2.00 bits per heavy atom. The number of nitrogens with zero attached hydrogens (tertiary/aromatic N) is 3. The van der Waals surface area contributed by atoms with E-state index in [0.717, 1.165) is 11.7 Å². The summed E-state index contributed by atoms with van der Waals surface area (Å²) < 4.78 is 47.8. The minimum atomic E-state index is -3.78. The molecule has 168 valence electrons. The molecule has 3 heterocycles. The van der Waals surface area contributed by atoms with Gasteiger partial charge in [0.1, 0.15) is 28.6 Å². The van der Waals surface area contributed by atoms with E-state index in [4.69, 9.17) is 9.47 Å². The Balaban J connectivity index is 1.23. The molecule has 1 amide bonds. The molecule has 2 aromatic carbocycles. The van der Waals surface area contributed by atoms with E-state index in [9.17, 15) is 13.2 Å². The van der Waals surface area contributed by atoms with Crippen LogP contribution in [0.2, 0.25) is 0 Å². The lowest BCUT2D eigenvalue weighted by molar-refractivity contribution is -0.126. The number of carbonyl (C=O) groups is 1. The standard InChI is InChI=1S/C21H22N4O5S2/c26-21(22-11-15-13-29-17-7-1-2-8-18(17)30-15)14-5-4-10-25(12-14)32(27,28)19-9-3-6-16-20(19)24-31-23-16/h1-3,6-9,14-15H,4-5,10-13H2,(H,22,26)/t14-,15-/m1/s1. The number of rotatable bonds is 5. The van der Waals surface area contributed by atoms with E-state index in [-0.39, 0.29) is 23.5 Å². The lowest BCUT2D eigenvalue weighted by Gasteiger charge is -2.32. The Morgan fingerprint density at radius 3 is 2.88 bits per heavy atom. The highest BCUT2D eigenvalue weighted by molar-refractivity contribution is 7.89. The Bertz CT molecular complexity index is 1250. The van der Waals surface area contributed by atoms with Gasteiger partial charge < -0.3 is 14.8 Å². The zero-order valence-corrected chi connectivity index (χ0v) is 18.8. The molecule has 2 atom stereocenters. The fourth-order valence-corrected chi connectivity index (χ4v) is 6.30. The lowest BCUT2D eigenvalue weighted by Crippen LogP contribution is -2.48. The highest BCUT2D eigenvalue weighted by Gasteiger charge is 2.35. The zero-order chi connectivity index (χ0) is 22.1. The largest absolute Gasteiger partial charge is 0.486 e. The minimum absolute atomic E-state index is 0.132. The number of ether oxygens (including phenoxy) is 2. The fourth-order valence-electron chi connectivity index (χ4n) is 4.03. The van der Waals surface area contributed by atoms with Crippen molar-refractivity contribution >= 4 is 38.7 Å². The number of fused-ring (bicyclic) bond motifs is 2. The molecule has 0 saturated carbocycles. The van der Waals surface area contributed by atoms with Gasteiger partial charge in [0, 0.05) is 13.1 Å². The van der Waals surface area contributed by atoms with Crippen molar-refractivity contribution in [3.8, 4) is 11.5 Å². The number of piperidine rings is 1. The summed E-state index contributed by atoms with van der Waals surface area (Å²) in [6.07, 6.45) is 0.941. The molecule has 9 nitrogen and oxygen atoms in total. The van der Waals surface area contributed by atoms with E-state index in [0.29, 0.717) is 55.1 Å². The molecule has 2 aliphatic rings. The number of nitrogens with one attached hydrogen (secondary N) is 1. The predicted octanol–water partition coefficient (Wildman–Crippen LogP) is 2.05. The first-order chi connectivity index (χ1) is 15.5. The molecular weight excluding hydrogens is 452 g/mol. The lowest BCUT2D eigenvalue weighted by atomic mass is 9.99. The third-order valence-electron chi connectivity index (χ3n) is 5.69. The van der Waals surface area contributed by atoms with Crippen LogP contribution in [0.25, 0.3) is 11.0 Å². The van der Waals surface area contributed by atoms with Gasteiger partial charge in [0.25, 0.3) is 0 Å². The van der Waals surface area contributed by atoms with E-state index >= 15 is 0 Å². The second-order valence-corrected chi connectivity index (χ2v) is 10.3. The van der Waals surface area contributed by atoms with Crippen LogP contribution in [0.1, 0.15) is 12.8 Å². The summed E-state index contributed by atoms with van der Waals surface area (Å²) in [5, 5.41) is 2.90. The number of aromatic nitrogens is 2. The van der Waals surface area contributed by atoms with Gasteiger partial charge in [-0.1, -0.05) is 18.2 Å². The summed E-state index contributed by atoms with van der Waals surface area (Å²) in [6, 6.07) is 12.3. The average Bonchev–Trinajstić information content (AvgIpc) is 3.31. The van der Waals surface area contributed by atoms with Gasteiger partial charge in [-0.3, -0.25) is 4.79 Å². The van der Waals surface area contributed by atoms with Crippen molar-refractivity contribution < 1.29 is 22.7 Å². The molecule has 0 radical (unpaired) electrons. The van der Waals surface area contributed by atoms with Crippen LogP contribution in [0.15, 0.2) is 47.4 Å². The normalized spacial score (nSPS) is 21.4. The third-order valence-corrected chi connectivity index (χ3v) is 8.13. The molecule has 2 aliphatic heterocycles. The zero-order valence-electron chi connectivity index (χ0n) is 17.1. The number of benzene rings is 2. The van der Waals surface area contributed by atoms with Gasteiger partial charge in [-0.2, -0.15) is 13.1 Å². The van der Waals surface area contributed by atoms with Crippen LogP contribution in [0.3, 0.4) is 0 Å². The second-order valence-electron chi connectivity index (χ2n) is 7.83. The molecule has 1 aromatic heterocycles. The van der Waals surface area contributed by atoms with Crippen molar-refractivity contribution in [2.75, 3.05) is 26.2 Å². The van der Waals surface area contributed by atoms with Crippen LogP contribution in [-0.4, -0.2) is 59.7 Å². The number of hydrogen-bond donors (Lipinski definition) is 1. The van der Waals surface area contributed by atoms with Crippen LogP contribution < -0.4 is 14.8 Å². The summed E-state index contributed by atoms with van der Waals surface area (Å²) in [4.78, 5) is 13.0. The summed E-state index contributed by atoms with van der Waals surface area (Å²) in [7, 11) is -3.78. The van der Waals surface area contributed by atoms with Gasteiger partial charge >= 0.3 is 0 Å². The van der Waals surface area contributed by atoms with E-state index in [1.165, 1.54) is 4.31 Å². The molecule has 5 rings (SSSR count). The van der Waals surface area contributed by atoms with Gasteiger partial charge in [-0.05, 0) is 37.1 Å². The smallest absolute Gasteiger partial charge is 0.245 e. The van der Waals surface area contributed by atoms with Crippen molar-refractivity contribution in [1.82, 2.24) is 18.4 Å². The second kappa shape index (κ2) is 8.64. The molecule has 0 unspecified atom stereocenters. The van der Waals surface area contributed by atoms with Crippen molar-refractivity contribution in [2.24, 2.45) is 5.92 Å². The van der Waals surface area contributed by atoms with E-state index in [2.05, 4.69) is 14.1 Å². The topological polar surface area (TPSA) is 111 Å². The maximum Gasteiger partial charge on any atom is 0.245 e. The fraction of sp³-hybridized carbons (Fsp3) is 0.381. The van der Waals surface area contributed by atoms with Crippen LogP contribution >= 0.6 is 11.7 Å². The molecular formula is C21H22N4O5S2. The van der Waals surface area contributed by atoms with Gasteiger partial charge in [-0.15, -0.1) is 0 Å². The number of hydrogen-bond acceptors (Lipinski definition) is 8. The molecule has 1 fully saturated rings. The monoisotopic (exact) mass is 474 g/mol. The first kappa shape index (κ1) is 21.1. The van der Waals surface area contributed by atoms with Crippen molar-refractivity contribution in [1.29, 1.82) is 0 Å². The van der Waals surface area contributed by atoms with Crippen LogP contribution in [-0.2, 0) is 14.8 Å². The van der Waals surface area contributed by atoms with Gasteiger partial charge in [0.15, 0.2) is 11.5 Å². The molecule has 1 N–H and O–H groups in total. The summed E-state index contributed by atoms with van der Waals surface area (Å²) in [6.45, 7) is 1.14. The van der Waals surface area contributed by atoms with E-state index in [1.807, 2.05) is 24.3 Å². The molecule has 0 aliphatic carbocycles. The number of sulfonamides is 1. The molecule has 1 saturated heterocycles. The Hall–Kier alpha value is -2.76. The van der Waals surface area contributed by atoms with Crippen LogP contribution in [0.4, 0.5) is 0 Å². The van der Waals surface area contributed by atoms with Gasteiger partial charge in [0.05, 0.1) is 24.2 Å². The first-order valence-corrected chi connectivity index (χ1v) is 12.6. The Kier molecular flexibility index (Phi) is 5.70. The third kappa shape index (κ3) is 4.03. The maximum absolute atomic E-state index is 13.3. The number of carbonyl (C=O) groups excluding carboxylic acids is 1. The van der Waals surface area contributed by atoms with Crippen molar-refractivity contribution in [3.63, 3.8) is 0 Å². The summed E-state index contributed by atoms with van der Waals surface area (Å²) in [5.41, 5.74) is 0.928. The van der Waals surface area contributed by atoms with Gasteiger partial charge in [-0.25, -0.2) is 8.42 Å². The molecule has 32 heavy (non-hydrogen) atoms. The quantitative estimate of drug-likeness (QED) is 0.602. The number of amides is 1. The maximum atomic E-state index is 13.3. The molecule has 3 aromatic rings. The predicted molar refractivity (Wildman–Crippen MR) is 118 cm³/mol. The van der Waals surface area contributed by atoms with E-state index in [1.54, 1.807) is 18.2 Å². The van der Waals surface area contributed by atoms with Crippen LogP contribution in [0, 0.1) is 5.92 Å². The summed E-state index contributed by atoms with van der Waals surface area (Å²) >= 11 is 0.982. The Morgan fingerprint density at radius 1 is 1.16 bits per heavy atom. The van der Waals surface area contributed by atoms with Crippen LogP contribution in [0.5, 0.6) is 11.5 Å². The number of para-hydroxylation sites is 2. The minimum Gasteiger partial charge on any atom is -0.486 e. The Labute approximate surface area is 189 Å². The van der Waals surface area contributed by atoms with E-state index < -0.39 is 15.9 Å². The van der Waals surface area contributed by atoms with Crippen molar-refractivity contribution in [3.05, 3.63) is 42.5 Å². The highest BCUT2D eigenvalue weighted by Crippen LogP contribution is 2.31. The molecule has 0 bridgehead atoms. The SMILES string of the molecule is O=C(NC[C@@H]1COc2ccccc2O1)[C@@H]1CCCN(S(=O)(=O)c2cccc3nsnc23)C1.